The van der Waals surface area contributed by atoms with Crippen molar-refractivity contribution in [3.8, 4) is 11.5 Å². The Balaban J connectivity index is 2.70. The first kappa shape index (κ1) is 3.65. The zero-order chi connectivity index (χ0) is 5.56. The van der Waals surface area contributed by atoms with E-state index in [9.17, 15) is 0 Å². The van der Waals surface area contributed by atoms with Crippen LogP contribution in [0.3, 0.4) is 0 Å². The summed E-state index contributed by atoms with van der Waals surface area (Å²) in [4.78, 5) is 0. The summed E-state index contributed by atoms with van der Waals surface area (Å²) >= 11 is 0. The number of hydrogen-bond donors (Lipinski definition) is 1. The second kappa shape index (κ2) is 0.912. The lowest BCUT2D eigenvalue weighted by Gasteiger charge is -1.76. The Hall–Kier alpha value is -1.32. The van der Waals surface area contributed by atoms with E-state index in [1.807, 2.05) is 0 Å². The van der Waals surface area contributed by atoms with Gasteiger partial charge in [-0.1, -0.05) is 0 Å². The second-order valence-electron chi connectivity index (χ2n) is 1.53. The van der Waals surface area contributed by atoms with Crippen molar-refractivity contribution >= 4 is 5.82 Å². The van der Waals surface area contributed by atoms with Crippen LogP contribution >= 0.6 is 0 Å². The maximum absolute atomic E-state index is 5.27. The highest BCUT2D eigenvalue weighted by Gasteiger charge is 2.24. The van der Waals surface area contributed by atoms with E-state index in [4.69, 9.17) is 10.5 Å². The van der Waals surface area contributed by atoms with E-state index in [0.717, 1.165) is 5.75 Å². The summed E-state index contributed by atoms with van der Waals surface area (Å²) in [5.41, 5.74) is 5.27. The van der Waals surface area contributed by atoms with Crippen molar-refractivity contribution in [3.63, 3.8) is 0 Å². The van der Waals surface area contributed by atoms with Gasteiger partial charge in [-0.15, -0.1) is 5.10 Å². The van der Waals surface area contributed by atoms with Crippen LogP contribution in [0.4, 0.5) is 5.82 Å². The summed E-state index contributed by atoms with van der Waals surface area (Å²) in [5, 5.41) is 7.07. The van der Waals surface area contributed by atoms with Gasteiger partial charge in [-0.2, -0.15) is 5.10 Å². The average molecular weight is 109 g/mol. The molecular weight excluding hydrogens is 106 g/mol. The number of aromatic nitrogens is 2. The zero-order valence-corrected chi connectivity index (χ0v) is 3.96. The predicted molar refractivity (Wildman–Crippen MR) is 26.5 cm³/mol. The molecule has 0 unspecified atom stereocenters. The molecule has 40 valence electrons. The molecule has 1 aromatic rings. The van der Waals surface area contributed by atoms with Crippen molar-refractivity contribution in [2.45, 2.75) is 0 Å². The number of fused-ring (bicyclic) bond motifs is 1. The van der Waals surface area contributed by atoms with Gasteiger partial charge in [-0.25, -0.2) is 0 Å². The highest BCUT2D eigenvalue weighted by Crippen LogP contribution is 2.47. The van der Waals surface area contributed by atoms with Gasteiger partial charge in [0, 0.05) is 0 Å². The Morgan fingerprint density at radius 2 is 2.50 bits per heavy atom. The highest BCUT2D eigenvalue weighted by molar-refractivity contribution is 5.64. The Kier molecular flexibility index (Phi) is 0.417. The largest absolute Gasteiger partial charge is 0.444 e. The van der Waals surface area contributed by atoms with Crippen LogP contribution in [-0.2, 0) is 0 Å². The van der Waals surface area contributed by atoms with Gasteiger partial charge in [0.15, 0.2) is 11.6 Å². The molecule has 0 radical (unpaired) electrons. The van der Waals surface area contributed by atoms with Gasteiger partial charge >= 0.3 is 0 Å². The number of rotatable bonds is 0. The minimum Gasteiger partial charge on any atom is -0.444 e. The maximum Gasteiger partial charge on any atom is 0.215 e. The van der Waals surface area contributed by atoms with E-state index in [1.54, 1.807) is 0 Å². The van der Waals surface area contributed by atoms with Crippen LogP contribution in [0.1, 0.15) is 0 Å². The molecule has 0 amide bonds. The van der Waals surface area contributed by atoms with Crippen LogP contribution in [0.2, 0.25) is 0 Å². The molecule has 4 heteroatoms. The molecule has 0 aliphatic carbocycles. The van der Waals surface area contributed by atoms with E-state index in [0.29, 0.717) is 11.6 Å². The number of nitrogens with two attached hydrogens (primary N) is 1. The van der Waals surface area contributed by atoms with Gasteiger partial charge in [0.05, 0.1) is 6.20 Å². The van der Waals surface area contributed by atoms with Crippen molar-refractivity contribution in [1.29, 1.82) is 0 Å². The van der Waals surface area contributed by atoms with E-state index < -0.39 is 0 Å². The van der Waals surface area contributed by atoms with Crippen LogP contribution < -0.4 is 10.5 Å². The van der Waals surface area contributed by atoms with Gasteiger partial charge in [0.2, 0.25) is 5.75 Å². The quantitative estimate of drug-likeness (QED) is 0.489. The maximum atomic E-state index is 5.27. The third-order valence-corrected chi connectivity index (χ3v) is 0.967. The third kappa shape index (κ3) is 0.294. The van der Waals surface area contributed by atoms with Crippen LogP contribution in [0.5, 0.6) is 11.5 Å². The van der Waals surface area contributed by atoms with Crippen molar-refractivity contribution in [2.75, 3.05) is 5.73 Å². The third-order valence-electron chi connectivity index (χ3n) is 0.967. The Bertz CT molecular complexity index is 235. The fourth-order valence-electron chi connectivity index (χ4n) is 0.537. The van der Waals surface area contributed by atoms with E-state index in [2.05, 4.69) is 10.2 Å². The molecule has 2 N–H and O–H groups in total. The Labute approximate surface area is 45.3 Å². The summed E-state index contributed by atoms with van der Waals surface area (Å²) in [7, 11) is 0. The number of nitrogen functional groups attached to an aromatic ring is 1. The number of nitrogens with zero attached hydrogens (tertiary/aromatic N) is 2. The summed E-state index contributed by atoms with van der Waals surface area (Å²) in [6.07, 6.45) is 1.53. The molecule has 1 aliphatic rings. The average Bonchev–Trinajstić information content (AvgIpc) is 2.45. The molecule has 0 atom stereocenters. The molecule has 0 saturated carbocycles. The molecule has 2 heterocycles. The highest BCUT2D eigenvalue weighted by atomic mass is 16.6. The molecule has 0 bridgehead atoms. The van der Waals surface area contributed by atoms with Crippen molar-refractivity contribution in [1.82, 2.24) is 10.2 Å². The van der Waals surface area contributed by atoms with Gasteiger partial charge < -0.3 is 10.5 Å². The molecular formula is C4H3N3O. The van der Waals surface area contributed by atoms with Crippen molar-refractivity contribution < 1.29 is 4.74 Å². The van der Waals surface area contributed by atoms with Crippen molar-refractivity contribution in [3.05, 3.63) is 6.20 Å². The molecule has 0 saturated heterocycles. The summed E-state index contributed by atoms with van der Waals surface area (Å²) < 4.78 is 4.82. The van der Waals surface area contributed by atoms with Gasteiger partial charge in [0.1, 0.15) is 0 Å². The first-order valence-corrected chi connectivity index (χ1v) is 2.17. The molecule has 0 aromatic carbocycles. The van der Waals surface area contributed by atoms with Gasteiger partial charge in [-0.3, -0.25) is 0 Å². The van der Waals surface area contributed by atoms with Crippen molar-refractivity contribution in [2.24, 2.45) is 0 Å². The van der Waals surface area contributed by atoms with E-state index in [-0.39, 0.29) is 0 Å². The predicted octanol–water partition coefficient (Wildman–Crippen LogP) is 0.164. The molecule has 0 spiro atoms. The second-order valence-corrected chi connectivity index (χ2v) is 1.53. The topological polar surface area (TPSA) is 64.3 Å². The zero-order valence-electron chi connectivity index (χ0n) is 3.96. The minimum absolute atomic E-state index is 0.377. The number of ether oxygens (including phenoxy) is 1. The summed E-state index contributed by atoms with van der Waals surface area (Å²) in [6.45, 7) is 0. The fraction of sp³-hybridized carbons (Fsp3) is 0. The normalized spacial score (nSPS) is 12.0. The fourth-order valence-corrected chi connectivity index (χ4v) is 0.537. The molecule has 0 fully saturated rings. The summed E-state index contributed by atoms with van der Waals surface area (Å²) in [6, 6.07) is 0. The SMILES string of the molecule is Nc1nncc2c1O2. The number of anilines is 1. The molecule has 1 aliphatic heterocycles. The van der Waals surface area contributed by atoms with Crippen LogP contribution in [0, 0.1) is 0 Å². The lowest BCUT2D eigenvalue weighted by atomic mass is 10.6. The first-order valence-electron chi connectivity index (χ1n) is 2.17. The Morgan fingerprint density at radius 3 is 3.12 bits per heavy atom. The lowest BCUT2D eigenvalue weighted by Crippen LogP contribution is -1.86. The molecule has 4 nitrogen and oxygen atoms in total. The molecule has 1 aromatic heterocycles. The Morgan fingerprint density at radius 1 is 1.62 bits per heavy atom. The minimum atomic E-state index is 0.377. The monoisotopic (exact) mass is 109 g/mol. The first-order chi connectivity index (χ1) is 3.88. The lowest BCUT2D eigenvalue weighted by molar-refractivity contribution is 0.650. The molecule has 8 heavy (non-hydrogen) atoms. The summed E-state index contributed by atoms with van der Waals surface area (Å²) in [5.74, 6) is 1.81. The van der Waals surface area contributed by atoms with E-state index in [1.165, 1.54) is 6.20 Å². The number of hydrogen-bond acceptors (Lipinski definition) is 4. The van der Waals surface area contributed by atoms with E-state index >= 15 is 0 Å². The van der Waals surface area contributed by atoms with Crippen LogP contribution in [0.25, 0.3) is 0 Å². The smallest absolute Gasteiger partial charge is 0.215 e. The van der Waals surface area contributed by atoms with Crippen LogP contribution in [-0.4, -0.2) is 10.2 Å². The van der Waals surface area contributed by atoms with Gasteiger partial charge in [0.25, 0.3) is 0 Å². The van der Waals surface area contributed by atoms with Crippen LogP contribution in [0.15, 0.2) is 6.20 Å². The van der Waals surface area contributed by atoms with Gasteiger partial charge in [-0.05, 0) is 0 Å². The molecule has 2 rings (SSSR count). The standard InChI is InChI=1S/C4H3N3O/c5-4-3-2(8-3)1-6-7-4/h1H,(H2,5,7).